The summed E-state index contributed by atoms with van der Waals surface area (Å²) in [5, 5.41) is 4.24. The number of nitrogens with zero attached hydrogens (tertiary/aromatic N) is 3. The van der Waals surface area contributed by atoms with E-state index < -0.39 is 11.6 Å². The third kappa shape index (κ3) is 2.59. The van der Waals surface area contributed by atoms with Crippen LogP contribution in [0.25, 0.3) is 0 Å². The maximum Gasteiger partial charge on any atom is 0.128 e. The lowest BCUT2D eigenvalue weighted by molar-refractivity contribution is 0.366. The minimum Gasteiger partial charge on any atom is -0.371 e. The van der Waals surface area contributed by atoms with Crippen LogP contribution < -0.4 is 4.90 Å². The molecule has 19 heavy (non-hydrogen) atoms. The predicted molar refractivity (Wildman–Crippen MR) is 69.1 cm³/mol. The summed E-state index contributed by atoms with van der Waals surface area (Å²) in [6.07, 6.45) is 5.59. The van der Waals surface area contributed by atoms with Crippen molar-refractivity contribution in [3.63, 3.8) is 0 Å². The molecule has 3 nitrogen and oxygen atoms in total. The number of rotatable bonds is 2. The number of hydrogen-bond donors (Lipinski definition) is 0. The molecule has 100 valence electrons. The van der Waals surface area contributed by atoms with Crippen LogP contribution in [0.5, 0.6) is 0 Å². The SMILES string of the molecule is Fc1cc(F)cc(N2CCC(n3cccn3)CC2)c1. The van der Waals surface area contributed by atoms with E-state index in [0.717, 1.165) is 32.0 Å². The Morgan fingerprint density at radius 2 is 1.74 bits per heavy atom. The summed E-state index contributed by atoms with van der Waals surface area (Å²) in [6, 6.07) is 5.97. The Morgan fingerprint density at radius 3 is 2.32 bits per heavy atom. The van der Waals surface area contributed by atoms with Crippen molar-refractivity contribution in [2.24, 2.45) is 0 Å². The summed E-state index contributed by atoms with van der Waals surface area (Å²) in [7, 11) is 0. The number of anilines is 1. The Morgan fingerprint density at radius 1 is 1.05 bits per heavy atom. The number of hydrogen-bond acceptors (Lipinski definition) is 2. The molecule has 2 heterocycles. The van der Waals surface area contributed by atoms with Gasteiger partial charge in [-0.1, -0.05) is 0 Å². The predicted octanol–water partition coefficient (Wildman–Crippen LogP) is 3.00. The highest BCUT2D eigenvalue weighted by molar-refractivity contribution is 5.47. The number of halogens is 2. The minimum atomic E-state index is -0.524. The molecule has 1 aromatic carbocycles. The van der Waals surface area contributed by atoms with Crippen LogP contribution in [0.4, 0.5) is 14.5 Å². The monoisotopic (exact) mass is 263 g/mol. The van der Waals surface area contributed by atoms with Gasteiger partial charge in [-0.05, 0) is 31.0 Å². The molecule has 1 aliphatic heterocycles. The average Bonchev–Trinajstić information content (AvgIpc) is 2.91. The molecule has 0 radical (unpaired) electrons. The highest BCUT2D eigenvalue weighted by Gasteiger charge is 2.21. The third-order valence-corrected chi connectivity index (χ3v) is 3.58. The molecule has 0 N–H and O–H groups in total. The van der Waals surface area contributed by atoms with Gasteiger partial charge >= 0.3 is 0 Å². The lowest BCUT2D eigenvalue weighted by atomic mass is 10.0. The number of benzene rings is 1. The standard InChI is InChI=1S/C14H15F2N3/c15-11-8-12(16)10-14(9-11)18-6-2-13(3-7-18)19-5-1-4-17-19/h1,4-5,8-10,13H,2-3,6-7H2. The van der Waals surface area contributed by atoms with Gasteiger partial charge in [0.25, 0.3) is 0 Å². The molecule has 0 amide bonds. The maximum absolute atomic E-state index is 13.2. The van der Waals surface area contributed by atoms with Crippen molar-refractivity contribution in [3.8, 4) is 0 Å². The van der Waals surface area contributed by atoms with Crippen LogP contribution in [-0.4, -0.2) is 22.9 Å². The molecule has 3 rings (SSSR count). The molecule has 0 saturated carbocycles. The summed E-state index contributed by atoms with van der Waals surface area (Å²) in [5.74, 6) is -1.05. The molecule has 1 saturated heterocycles. The van der Waals surface area contributed by atoms with Crippen molar-refractivity contribution < 1.29 is 8.78 Å². The average molecular weight is 263 g/mol. The van der Waals surface area contributed by atoms with Gasteiger partial charge in [-0.25, -0.2) is 8.78 Å². The molecule has 1 aliphatic rings. The molecule has 0 bridgehead atoms. The van der Waals surface area contributed by atoms with Gasteiger partial charge in [-0.15, -0.1) is 0 Å². The molecule has 0 spiro atoms. The van der Waals surface area contributed by atoms with E-state index in [1.54, 1.807) is 6.20 Å². The molecule has 1 fully saturated rings. The normalized spacial score (nSPS) is 16.8. The van der Waals surface area contributed by atoms with Gasteiger partial charge in [0.1, 0.15) is 11.6 Å². The van der Waals surface area contributed by atoms with Gasteiger partial charge in [0.2, 0.25) is 0 Å². The Balaban J connectivity index is 1.70. The van der Waals surface area contributed by atoms with E-state index >= 15 is 0 Å². The molecule has 5 heteroatoms. The van der Waals surface area contributed by atoms with Crippen LogP contribution in [-0.2, 0) is 0 Å². The van der Waals surface area contributed by atoms with Crippen LogP contribution >= 0.6 is 0 Å². The molecular weight excluding hydrogens is 248 g/mol. The first kappa shape index (κ1) is 12.1. The van der Waals surface area contributed by atoms with Gasteiger partial charge in [0, 0.05) is 37.2 Å². The van der Waals surface area contributed by atoms with Crippen molar-refractivity contribution in [2.45, 2.75) is 18.9 Å². The van der Waals surface area contributed by atoms with E-state index in [9.17, 15) is 8.78 Å². The van der Waals surface area contributed by atoms with Gasteiger partial charge in [0.05, 0.1) is 6.04 Å². The Kier molecular flexibility index (Phi) is 3.19. The van der Waals surface area contributed by atoms with Crippen LogP contribution in [0.15, 0.2) is 36.7 Å². The summed E-state index contributed by atoms with van der Waals surface area (Å²) in [4.78, 5) is 2.02. The van der Waals surface area contributed by atoms with E-state index in [1.165, 1.54) is 12.1 Å². The number of aromatic nitrogens is 2. The molecular formula is C14H15F2N3. The lowest BCUT2D eigenvalue weighted by Crippen LogP contribution is -2.34. The zero-order valence-corrected chi connectivity index (χ0v) is 10.5. The first-order valence-corrected chi connectivity index (χ1v) is 6.42. The van der Waals surface area contributed by atoms with Crippen molar-refractivity contribution in [3.05, 3.63) is 48.3 Å². The van der Waals surface area contributed by atoms with Crippen molar-refractivity contribution in [1.82, 2.24) is 9.78 Å². The van der Waals surface area contributed by atoms with Gasteiger partial charge in [-0.2, -0.15) is 5.10 Å². The van der Waals surface area contributed by atoms with E-state index in [4.69, 9.17) is 0 Å². The van der Waals surface area contributed by atoms with Gasteiger partial charge in [-0.3, -0.25) is 4.68 Å². The molecule has 1 aromatic heterocycles. The van der Waals surface area contributed by atoms with Crippen LogP contribution in [0.3, 0.4) is 0 Å². The Bertz CT molecular complexity index is 526. The van der Waals surface area contributed by atoms with Crippen LogP contribution in [0.1, 0.15) is 18.9 Å². The second-order valence-electron chi connectivity index (χ2n) is 4.83. The third-order valence-electron chi connectivity index (χ3n) is 3.58. The molecule has 2 aromatic rings. The van der Waals surface area contributed by atoms with Crippen molar-refractivity contribution in [1.29, 1.82) is 0 Å². The molecule has 0 unspecified atom stereocenters. The first-order chi connectivity index (χ1) is 9.22. The number of piperidine rings is 1. The fourth-order valence-corrected chi connectivity index (χ4v) is 2.61. The van der Waals surface area contributed by atoms with E-state index in [1.807, 2.05) is 21.8 Å². The van der Waals surface area contributed by atoms with Crippen LogP contribution in [0, 0.1) is 11.6 Å². The smallest absolute Gasteiger partial charge is 0.128 e. The highest BCUT2D eigenvalue weighted by atomic mass is 19.1. The highest BCUT2D eigenvalue weighted by Crippen LogP contribution is 2.26. The lowest BCUT2D eigenvalue weighted by Gasteiger charge is -2.33. The molecule has 0 atom stereocenters. The van der Waals surface area contributed by atoms with Gasteiger partial charge in [0.15, 0.2) is 0 Å². The fraction of sp³-hybridized carbons (Fsp3) is 0.357. The summed E-state index contributed by atoms with van der Waals surface area (Å²) >= 11 is 0. The zero-order chi connectivity index (χ0) is 13.2. The van der Waals surface area contributed by atoms with Crippen molar-refractivity contribution in [2.75, 3.05) is 18.0 Å². The largest absolute Gasteiger partial charge is 0.371 e. The maximum atomic E-state index is 13.2. The van der Waals surface area contributed by atoms with E-state index in [-0.39, 0.29) is 0 Å². The Labute approximate surface area is 110 Å². The summed E-state index contributed by atoms with van der Waals surface area (Å²) in [5.41, 5.74) is 0.622. The minimum absolute atomic E-state index is 0.379. The first-order valence-electron chi connectivity index (χ1n) is 6.42. The summed E-state index contributed by atoms with van der Waals surface area (Å²) < 4.78 is 28.4. The van der Waals surface area contributed by atoms with Crippen molar-refractivity contribution >= 4 is 5.69 Å². The topological polar surface area (TPSA) is 21.1 Å². The molecule has 0 aliphatic carbocycles. The van der Waals surface area contributed by atoms with Crippen LogP contribution in [0.2, 0.25) is 0 Å². The Hall–Kier alpha value is -1.91. The van der Waals surface area contributed by atoms with E-state index in [0.29, 0.717) is 11.7 Å². The summed E-state index contributed by atoms with van der Waals surface area (Å²) in [6.45, 7) is 1.57. The fourth-order valence-electron chi connectivity index (χ4n) is 2.61. The van der Waals surface area contributed by atoms with E-state index in [2.05, 4.69) is 5.10 Å². The quantitative estimate of drug-likeness (QED) is 0.830. The second-order valence-corrected chi connectivity index (χ2v) is 4.83. The zero-order valence-electron chi connectivity index (χ0n) is 10.5. The second kappa shape index (κ2) is 4.99. The van der Waals surface area contributed by atoms with Gasteiger partial charge < -0.3 is 4.90 Å².